The van der Waals surface area contributed by atoms with Crippen LogP contribution in [-0.4, -0.2) is 17.4 Å². The number of hydrogen-bond donors (Lipinski definition) is 0. The minimum Gasteiger partial charge on any atom is -0.335 e. The molecule has 1 atom stereocenters. The quantitative estimate of drug-likeness (QED) is 0.828. The van der Waals surface area contributed by atoms with Crippen molar-refractivity contribution in [2.45, 2.75) is 25.8 Å². The first-order valence-corrected chi connectivity index (χ1v) is 8.43. The minimum atomic E-state index is -0.113. The molecule has 1 aliphatic heterocycles. The second-order valence-corrected chi connectivity index (χ2v) is 6.46. The molecule has 0 saturated heterocycles. The van der Waals surface area contributed by atoms with Gasteiger partial charge in [0.25, 0.3) is 0 Å². The van der Waals surface area contributed by atoms with Crippen molar-refractivity contribution in [1.29, 1.82) is 10.5 Å². The average molecular weight is 350 g/mol. The molecule has 4 nitrogen and oxygen atoms in total. The number of hydrogen-bond acceptors (Lipinski definition) is 3. The Morgan fingerprint density at radius 1 is 1.20 bits per heavy atom. The summed E-state index contributed by atoms with van der Waals surface area (Å²) in [6.45, 7) is 2.52. The third-order valence-electron chi connectivity index (χ3n) is 4.74. The first-order chi connectivity index (χ1) is 12.1. The number of amides is 1. The van der Waals surface area contributed by atoms with Crippen LogP contribution in [0.1, 0.15) is 40.8 Å². The molecule has 25 heavy (non-hydrogen) atoms. The van der Waals surface area contributed by atoms with Crippen LogP contribution in [0.4, 0.5) is 0 Å². The van der Waals surface area contributed by atoms with Gasteiger partial charge in [0.2, 0.25) is 5.91 Å². The molecule has 0 spiro atoms. The molecular weight excluding hydrogens is 334 g/mol. The van der Waals surface area contributed by atoms with Crippen LogP contribution in [0.5, 0.6) is 0 Å². The van der Waals surface area contributed by atoms with Crippen molar-refractivity contribution in [1.82, 2.24) is 4.90 Å². The van der Waals surface area contributed by atoms with Gasteiger partial charge >= 0.3 is 0 Å². The molecule has 1 amide bonds. The molecule has 1 aliphatic rings. The Labute approximate surface area is 151 Å². The van der Waals surface area contributed by atoms with E-state index in [1.54, 1.807) is 23.1 Å². The average Bonchev–Trinajstić information content (AvgIpc) is 2.63. The van der Waals surface area contributed by atoms with Crippen molar-refractivity contribution in [2.75, 3.05) is 6.54 Å². The van der Waals surface area contributed by atoms with Crippen LogP contribution < -0.4 is 0 Å². The Kier molecular flexibility index (Phi) is 4.74. The van der Waals surface area contributed by atoms with E-state index < -0.39 is 0 Å². The highest BCUT2D eigenvalue weighted by Gasteiger charge is 2.29. The number of benzene rings is 2. The monoisotopic (exact) mass is 349 g/mol. The molecule has 0 fully saturated rings. The Morgan fingerprint density at radius 3 is 2.60 bits per heavy atom. The molecule has 0 bridgehead atoms. The van der Waals surface area contributed by atoms with Crippen LogP contribution in [0.3, 0.4) is 0 Å². The van der Waals surface area contributed by atoms with Crippen molar-refractivity contribution < 1.29 is 4.79 Å². The zero-order valence-electron chi connectivity index (χ0n) is 13.8. The van der Waals surface area contributed by atoms with E-state index in [1.807, 2.05) is 25.1 Å². The van der Waals surface area contributed by atoms with Crippen LogP contribution in [0.2, 0.25) is 5.02 Å². The van der Waals surface area contributed by atoms with E-state index in [0.29, 0.717) is 34.7 Å². The third-order valence-corrected chi connectivity index (χ3v) is 5.09. The molecule has 0 saturated carbocycles. The van der Waals surface area contributed by atoms with Gasteiger partial charge in [-0.3, -0.25) is 4.79 Å². The van der Waals surface area contributed by atoms with Gasteiger partial charge in [0, 0.05) is 11.6 Å². The predicted molar refractivity (Wildman–Crippen MR) is 94.9 cm³/mol. The maximum Gasteiger partial charge on any atom is 0.227 e. The number of fused-ring (bicyclic) bond motifs is 1. The molecule has 0 N–H and O–H groups in total. The Morgan fingerprint density at radius 2 is 1.88 bits per heavy atom. The largest absolute Gasteiger partial charge is 0.335 e. The SMILES string of the molecule is CC1c2cccc(C#N)c2CCN1C(=O)Cc1c(Cl)cccc1C#N. The summed E-state index contributed by atoms with van der Waals surface area (Å²) in [6, 6.07) is 14.9. The lowest BCUT2D eigenvalue weighted by Crippen LogP contribution is -2.40. The highest BCUT2D eigenvalue weighted by Crippen LogP contribution is 2.32. The van der Waals surface area contributed by atoms with Crippen molar-refractivity contribution in [3.05, 3.63) is 69.2 Å². The maximum absolute atomic E-state index is 12.9. The van der Waals surface area contributed by atoms with E-state index in [9.17, 15) is 15.3 Å². The Bertz CT molecular complexity index is 924. The third kappa shape index (κ3) is 3.09. The topological polar surface area (TPSA) is 67.9 Å². The lowest BCUT2D eigenvalue weighted by molar-refractivity contribution is -0.133. The molecule has 124 valence electrons. The molecule has 3 rings (SSSR count). The molecule has 2 aromatic carbocycles. The fourth-order valence-corrected chi connectivity index (χ4v) is 3.65. The standard InChI is InChI=1S/C20H16ClN3O/c1-13-16-6-2-4-14(11-22)17(16)8-9-24(13)20(25)10-18-15(12-23)5-3-7-19(18)21/h2-7,13H,8-10H2,1H3. The van der Waals surface area contributed by atoms with Crippen LogP contribution in [0.15, 0.2) is 36.4 Å². The summed E-state index contributed by atoms with van der Waals surface area (Å²) in [7, 11) is 0. The molecule has 0 radical (unpaired) electrons. The van der Waals surface area contributed by atoms with Crippen molar-refractivity contribution >= 4 is 17.5 Å². The summed E-state index contributed by atoms with van der Waals surface area (Å²) in [5.74, 6) is -0.0647. The van der Waals surface area contributed by atoms with Crippen molar-refractivity contribution in [2.24, 2.45) is 0 Å². The second kappa shape index (κ2) is 6.97. The molecular formula is C20H16ClN3O. The van der Waals surface area contributed by atoms with Gasteiger partial charge in [-0.25, -0.2) is 0 Å². The van der Waals surface area contributed by atoms with Crippen LogP contribution in [-0.2, 0) is 17.6 Å². The normalized spacial score (nSPS) is 15.8. The number of nitriles is 2. The number of nitrogens with zero attached hydrogens (tertiary/aromatic N) is 3. The molecule has 2 aromatic rings. The van der Waals surface area contributed by atoms with Gasteiger partial charge in [-0.15, -0.1) is 0 Å². The fraction of sp³-hybridized carbons (Fsp3) is 0.250. The van der Waals surface area contributed by atoms with E-state index in [2.05, 4.69) is 12.1 Å². The molecule has 0 aliphatic carbocycles. The summed E-state index contributed by atoms with van der Waals surface area (Å²) in [5, 5.41) is 18.9. The number of carbonyl (C=O) groups excluding carboxylic acids is 1. The Hall–Kier alpha value is -2.82. The van der Waals surface area contributed by atoms with Crippen LogP contribution in [0, 0.1) is 22.7 Å². The highest BCUT2D eigenvalue weighted by atomic mass is 35.5. The first-order valence-electron chi connectivity index (χ1n) is 8.05. The zero-order chi connectivity index (χ0) is 18.0. The van der Waals surface area contributed by atoms with Crippen LogP contribution >= 0.6 is 11.6 Å². The second-order valence-electron chi connectivity index (χ2n) is 6.05. The molecule has 5 heteroatoms. The predicted octanol–water partition coefficient (Wildman–Crippen LogP) is 3.77. The molecule has 1 unspecified atom stereocenters. The number of rotatable bonds is 2. The highest BCUT2D eigenvalue weighted by molar-refractivity contribution is 6.31. The van der Waals surface area contributed by atoms with Gasteiger partial charge in [-0.05, 0) is 48.2 Å². The lowest BCUT2D eigenvalue weighted by atomic mass is 9.89. The number of halogens is 1. The van der Waals surface area contributed by atoms with E-state index in [0.717, 1.165) is 11.1 Å². The smallest absolute Gasteiger partial charge is 0.227 e. The number of carbonyl (C=O) groups is 1. The summed E-state index contributed by atoms with van der Waals surface area (Å²) < 4.78 is 0. The van der Waals surface area contributed by atoms with Crippen molar-refractivity contribution in [3.63, 3.8) is 0 Å². The summed E-state index contributed by atoms with van der Waals surface area (Å²) in [6.07, 6.45) is 0.753. The van der Waals surface area contributed by atoms with Gasteiger partial charge in [0.1, 0.15) is 0 Å². The summed E-state index contributed by atoms with van der Waals surface area (Å²) in [4.78, 5) is 14.7. The van der Waals surface area contributed by atoms with E-state index in [1.165, 1.54) is 0 Å². The van der Waals surface area contributed by atoms with Crippen molar-refractivity contribution in [3.8, 4) is 12.1 Å². The van der Waals surface area contributed by atoms with Gasteiger partial charge in [0.15, 0.2) is 0 Å². The summed E-state index contributed by atoms with van der Waals surface area (Å²) >= 11 is 6.19. The van der Waals surface area contributed by atoms with E-state index in [-0.39, 0.29) is 18.4 Å². The van der Waals surface area contributed by atoms with Gasteiger partial charge < -0.3 is 4.90 Å². The molecule has 0 aromatic heterocycles. The molecule has 1 heterocycles. The fourth-order valence-electron chi connectivity index (χ4n) is 3.41. The van der Waals surface area contributed by atoms with E-state index in [4.69, 9.17) is 11.6 Å². The Balaban J connectivity index is 1.88. The first kappa shape index (κ1) is 17.0. The zero-order valence-corrected chi connectivity index (χ0v) is 14.5. The van der Waals surface area contributed by atoms with E-state index >= 15 is 0 Å². The van der Waals surface area contributed by atoms with Crippen LogP contribution in [0.25, 0.3) is 0 Å². The van der Waals surface area contributed by atoms with Gasteiger partial charge in [-0.2, -0.15) is 10.5 Å². The maximum atomic E-state index is 12.9. The summed E-state index contributed by atoms with van der Waals surface area (Å²) in [5.41, 5.74) is 3.71. The van der Waals surface area contributed by atoms with Gasteiger partial charge in [-0.1, -0.05) is 29.8 Å². The lowest BCUT2D eigenvalue weighted by Gasteiger charge is -2.36. The van der Waals surface area contributed by atoms with Gasteiger partial charge in [0.05, 0.1) is 35.7 Å². The minimum absolute atomic E-state index is 0.0647.